The maximum atomic E-state index is 15.0. The minimum absolute atomic E-state index is 0.130. The number of phenols is 2. The van der Waals surface area contributed by atoms with Gasteiger partial charge in [-0.2, -0.15) is 0 Å². The van der Waals surface area contributed by atoms with E-state index in [4.69, 9.17) is 56.8 Å². The molecule has 13 atom stereocenters. The SMILES string of the molecule is CC(=O)O[C@@H]1[C@@H](OC(C)=O)[C@H](SC2=CC(=O)c3c(O)c(S[C@@H]4OC[C@@H](OC(C)=O)[C@H](OC(C)=O)[C@H]4OC(C)=O)c(C(CC=C(C)C)S[C@@H]4OC[C@@H](OC(C)=O)[C@H](OC(C)=O)[C@H]4OC(C)=O)c(O)c3C2=O)OC[C@H]1OC(C)=O. The van der Waals surface area contributed by atoms with Crippen LogP contribution in [0.1, 0.15) is 114 Å². The second-order valence-corrected chi connectivity index (χ2v) is 21.3. The van der Waals surface area contributed by atoms with Crippen molar-refractivity contribution in [3.63, 3.8) is 0 Å². The molecule has 28 heteroatoms. The van der Waals surface area contributed by atoms with Crippen LogP contribution in [0.25, 0.3) is 0 Å². The zero-order chi connectivity index (χ0) is 57.3. The number of ketones is 2. The van der Waals surface area contributed by atoms with Crippen LogP contribution in [-0.2, 0) is 100.0 Å². The number of rotatable bonds is 18. The van der Waals surface area contributed by atoms with Crippen molar-refractivity contribution in [3.05, 3.63) is 39.3 Å². The molecule has 2 N–H and O–H groups in total. The highest BCUT2D eigenvalue weighted by Crippen LogP contribution is 2.56. The molecule has 0 radical (unpaired) electrons. The molecule has 4 aliphatic rings. The van der Waals surface area contributed by atoms with Gasteiger partial charge < -0.3 is 67.1 Å². The van der Waals surface area contributed by atoms with Gasteiger partial charge in [0.15, 0.2) is 60.7 Å². The van der Waals surface area contributed by atoms with Crippen molar-refractivity contribution in [3.8, 4) is 11.5 Å². The van der Waals surface area contributed by atoms with Gasteiger partial charge in [0, 0.05) is 79.2 Å². The van der Waals surface area contributed by atoms with Crippen LogP contribution < -0.4 is 0 Å². The number of ether oxygens (including phenoxy) is 12. The number of esters is 9. The number of phenolic OH excluding ortho intramolecular Hbond substituents is 2. The Morgan fingerprint density at radius 2 is 0.857 bits per heavy atom. The standard InChI is InChI=1S/C49H58O25S3/c1-18(2)12-13-32(75-47-43(72-25(9)56)40(69-22(6)53)29(15-63-47)66-19(3)50)35-38(61)36-34(39(62)46(35)77-49-45(74-27(11)58)42(71-24(8)55)31(17-65-49)68-21(5)52)28(59)14-33(37(36)60)76-48-44(73-26(10)57)41(70-23(7)54)30(16-64-48)67-20(4)51/h12,14,29-32,40-45,47-49,61-62H,13,15-17H2,1-11H3/t29-,30-,31-,32?,40+,41+,42+,43-,44-,45-,47+,48+,49+/m1/s1. The highest BCUT2D eigenvalue weighted by Gasteiger charge is 2.52. The summed E-state index contributed by atoms with van der Waals surface area (Å²) in [4.78, 5) is 141. The summed E-state index contributed by atoms with van der Waals surface area (Å²) in [6, 6.07) is 0. The summed E-state index contributed by atoms with van der Waals surface area (Å²) in [6.45, 7) is 11.5. The molecule has 25 nitrogen and oxygen atoms in total. The van der Waals surface area contributed by atoms with E-state index in [9.17, 15) is 58.2 Å². The maximum Gasteiger partial charge on any atom is 0.303 e. The van der Waals surface area contributed by atoms with E-state index in [-0.39, 0.29) is 16.9 Å². The first-order valence-electron chi connectivity index (χ1n) is 23.5. The number of fused-ring (bicyclic) bond motifs is 1. The lowest BCUT2D eigenvalue weighted by atomic mass is 9.89. The van der Waals surface area contributed by atoms with E-state index >= 15 is 4.79 Å². The molecule has 1 aliphatic carbocycles. The van der Waals surface area contributed by atoms with E-state index in [0.717, 1.165) is 80.2 Å². The van der Waals surface area contributed by atoms with E-state index in [2.05, 4.69) is 0 Å². The van der Waals surface area contributed by atoms with E-state index in [1.807, 2.05) is 0 Å². The van der Waals surface area contributed by atoms with Gasteiger partial charge in [-0.25, -0.2) is 0 Å². The molecule has 3 fully saturated rings. The van der Waals surface area contributed by atoms with Crippen molar-refractivity contribution in [2.24, 2.45) is 0 Å². The highest BCUT2D eigenvalue weighted by atomic mass is 32.2. The van der Waals surface area contributed by atoms with Crippen LogP contribution in [0, 0.1) is 0 Å². The second kappa shape index (κ2) is 26.9. The predicted octanol–water partition coefficient (Wildman–Crippen LogP) is 3.77. The molecule has 1 unspecified atom stereocenters. The zero-order valence-corrected chi connectivity index (χ0v) is 45.9. The Bertz CT molecular complexity index is 2590. The third-order valence-electron chi connectivity index (χ3n) is 11.1. The number of hydrogen-bond acceptors (Lipinski definition) is 28. The minimum atomic E-state index is -1.65. The van der Waals surface area contributed by atoms with Gasteiger partial charge in [0.1, 0.15) is 27.8 Å². The summed E-state index contributed by atoms with van der Waals surface area (Å²) in [7, 11) is 0. The fraction of sp³-hybridized carbons (Fsp3) is 0.571. The Balaban J connectivity index is 1.75. The third kappa shape index (κ3) is 16.0. The molecule has 77 heavy (non-hydrogen) atoms. The summed E-state index contributed by atoms with van der Waals surface area (Å²) in [5, 5.41) is 24.1. The third-order valence-corrected chi connectivity index (χ3v) is 15.1. The summed E-state index contributed by atoms with van der Waals surface area (Å²) >= 11 is 1.86. The van der Waals surface area contributed by atoms with Gasteiger partial charge >= 0.3 is 53.7 Å². The fourth-order valence-electron chi connectivity index (χ4n) is 8.50. The lowest BCUT2D eigenvalue weighted by molar-refractivity contribution is -0.213. The first-order valence-corrected chi connectivity index (χ1v) is 26.2. The van der Waals surface area contributed by atoms with Gasteiger partial charge in [-0.15, -0.1) is 11.8 Å². The maximum absolute atomic E-state index is 15.0. The number of benzene rings is 1. The topological polar surface area (TPSA) is 339 Å². The number of carbonyl (C=O) groups is 11. The highest BCUT2D eigenvalue weighted by molar-refractivity contribution is 8.04. The Labute approximate surface area is 453 Å². The first kappa shape index (κ1) is 61.7. The first-order chi connectivity index (χ1) is 36.1. The van der Waals surface area contributed by atoms with E-state index in [0.29, 0.717) is 29.1 Å². The molecule has 1 aromatic rings. The Morgan fingerprint density at radius 1 is 0.506 bits per heavy atom. The van der Waals surface area contributed by atoms with Crippen LogP contribution in [0.2, 0.25) is 0 Å². The Morgan fingerprint density at radius 3 is 1.23 bits per heavy atom. The van der Waals surface area contributed by atoms with Gasteiger partial charge in [-0.1, -0.05) is 35.2 Å². The average molecular weight is 1140 g/mol. The molecule has 0 aromatic heterocycles. The second-order valence-electron chi connectivity index (χ2n) is 17.8. The smallest absolute Gasteiger partial charge is 0.303 e. The summed E-state index contributed by atoms with van der Waals surface area (Å²) in [6.07, 6.45) is -10.9. The van der Waals surface area contributed by atoms with Crippen molar-refractivity contribution >= 4 is 101 Å². The molecular formula is C49H58O25S3. The van der Waals surface area contributed by atoms with Gasteiger partial charge in [0.05, 0.1) is 40.7 Å². The Kier molecular flexibility index (Phi) is 21.5. The molecule has 3 aliphatic heterocycles. The fourth-order valence-corrected chi connectivity index (χ4v) is 12.4. The van der Waals surface area contributed by atoms with E-state index in [1.165, 1.54) is 0 Å². The number of allylic oxidation sites excluding steroid dienone is 4. The van der Waals surface area contributed by atoms with Crippen LogP contribution in [0.4, 0.5) is 0 Å². The van der Waals surface area contributed by atoms with Crippen molar-refractivity contribution < 1.29 is 120 Å². The summed E-state index contributed by atoms with van der Waals surface area (Å²) in [5.41, 5.74) is -5.53. The lowest BCUT2D eigenvalue weighted by Crippen LogP contribution is -2.56. The number of hydrogen-bond donors (Lipinski definition) is 2. The molecule has 5 rings (SSSR count). The molecule has 1 aromatic carbocycles. The van der Waals surface area contributed by atoms with Gasteiger partial charge in [-0.3, -0.25) is 52.7 Å². The van der Waals surface area contributed by atoms with Crippen LogP contribution in [0.5, 0.6) is 11.5 Å². The molecule has 0 spiro atoms. The largest absolute Gasteiger partial charge is 0.507 e. The van der Waals surface area contributed by atoms with Crippen LogP contribution in [0.3, 0.4) is 0 Å². The van der Waals surface area contributed by atoms with E-state index < -0.39 is 189 Å². The molecule has 0 amide bonds. The number of thioether (sulfide) groups is 3. The van der Waals surface area contributed by atoms with Crippen molar-refractivity contribution in [2.75, 3.05) is 19.8 Å². The zero-order valence-electron chi connectivity index (χ0n) is 43.5. The molecule has 0 bridgehead atoms. The summed E-state index contributed by atoms with van der Waals surface area (Å²) in [5.74, 6) is -11.8. The summed E-state index contributed by atoms with van der Waals surface area (Å²) < 4.78 is 67.7. The molecular weight excluding hydrogens is 1080 g/mol. The molecule has 0 saturated carbocycles. The minimum Gasteiger partial charge on any atom is -0.507 e. The van der Waals surface area contributed by atoms with Crippen molar-refractivity contribution in [1.29, 1.82) is 0 Å². The van der Waals surface area contributed by atoms with Crippen molar-refractivity contribution in [2.45, 2.75) is 164 Å². The Hall–Kier alpha value is -6.20. The molecule has 3 heterocycles. The number of Topliss-reactive ketones (excluding diaryl/α,β-unsaturated/α-hetero) is 1. The number of aromatic hydroxyl groups is 2. The number of carbonyl (C=O) groups excluding carboxylic acids is 11. The monoisotopic (exact) mass is 1140 g/mol. The van der Waals surface area contributed by atoms with Crippen LogP contribution in [-0.4, -0.2) is 167 Å². The lowest BCUT2D eigenvalue weighted by Gasteiger charge is -2.42. The quantitative estimate of drug-likeness (QED) is 0.0914. The van der Waals surface area contributed by atoms with Gasteiger partial charge in [0.2, 0.25) is 5.78 Å². The van der Waals surface area contributed by atoms with E-state index in [1.54, 1.807) is 19.9 Å². The van der Waals surface area contributed by atoms with Crippen LogP contribution in [0.15, 0.2) is 27.5 Å². The molecule has 422 valence electrons. The van der Waals surface area contributed by atoms with Crippen molar-refractivity contribution in [1.82, 2.24) is 0 Å². The van der Waals surface area contributed by atoms with Crippen LogP contribution >= 0.6 is 35.3 Å². The predicted molar refractivity (Wildman–Crippen MR) is 264 cm³/mol. The van der Waals surface area contributed by atoms with Gasteiger partial charge in [-0.05, 0) is 20.3 Å². The molecule has 3 saturated heterocycles. The van der Waals surface area contributed by atoms with Gasteiger partial charge in [0.25, 0.3) is 0 Å². The normalized spacial score (nSPS) is 27.2. The average Bonchev–Trinajstić information content (AvgIpc) is 3.29.